The Kier molecular flexibility index (Phi) is 3.19. The molecule has 5 nitrogen and oxygen atoms in total. The second kappa shape index (κ2) is 5.03. The van der Waals surface area contributed by atoms with Crippen molar-refractivity contribution in [3.05, 3.63) is 59.2 Å². The van der Waals surface area contributed by atoms with Crippen molar-refractivity contribution in [1.29, 1.82) is 0 Å². The summed E-state index contributed by atoms with van der Waals surface area (Å²) in [6.45, 7) is 0. The summed E-state index contributed by atoms with van der Waals surface area (Å²) in [5, 5.41) is -0.594. The summed E-state index contributed by atoms with van der Waals surface area (Å²) >= 11 is 5.40. The van der Waals surface area contributed by atoms with Gasteiger partial charge in [0, 0.05) is 5.56 Å². The van der Waals surface area contributed by atoms with Crippen molar-refractivity contribution in [2.24, 2.45) is 0 Å². The fourth-order valence-corrected chi connectivity index (χ4v) is 2.06. The van der Waals surface area contributed by atoms with Crippen LogP contribution in [0.2, 0.25) is 0 Å². The predicted octanol–water partition coefficient (Wildman–Crippen LogP) is 3.17. The first-order valence-corrected chi connectivity index (χ1v) is 6.31. The van der Waals surface area contributed by atoms with Gasteiger partial charge in [-0.2, -0.15) is 0 Å². The molecule has 0 spiro atoms. The van der Waals surface area contributed by atoms with E-state index in [1.165, 1.54) is 24.3 Å². The van der Waals surface area contributed by atoms with Gasteiger partial charge in [-0.3, -0.25) is 4.79 Å². The van der Waals surface area contributed by atoms with Crippen molar-refractivity contribution in [3.63, 3.8) is 0 Å². The largest absolute Gasteiger partial charge is 0.457 e. The summed E-state index contributed by atoms with van der Waals surface area (Å²) < 4.78 is 10.0. The third kappa shape index (κ3) is 2.51. The minimum absolute atomic E-state index is 0.155. The molecule has 0 amide bonds. The van der Waals surface area contributed by atoms with E-state index in [0.717, 1.165) is 0 Å². The summed E-state index contributed by atoms with van der Waals surface area (Å²) in [5.74, 6) is -0.639. The van der Waals surface area contributed by atoms with Gasteiger partial charge in [0.1, 0.15) is 11.5 Å². The van der Waals surface area contributed by atoms with Gasteiger partial charge in [-0.1, -0.05) is 6.07 Å². The molecular weight excluding hydrogens is 296 g/mol. The van der Waals surface area contributed by atoms with Crippen LogP contribution < -0.4 is 4.74 Å². The molecule has 0 radical (unpaired) electrons. The van der Waals surface area contributed by atoms with Crippen LogP contribution >= 0.6 is 11.6 Å². The molecule has 0 fully saturated rings. The smallest absolute Gasteiger partial charge is 0.347 e. The van der Waals surface area contributed by atoms with Gasteiger partial charge < -0.3 is 9.47 Å². The van der Waals surface area contributed by atoms with E-state index in [0.29, 0.717) is 17.1 Å². The molecule has 1 heterocycles. The lowest BCUT2D eigenvalue weighted by Crippen LogP contribution is -1.96. The number of halogens is 1. The minimum atomic E-state index is -0.704. The van der Waals surface area contributed by atoms with Crippen LogP contribution in [0.15, 0.2) is 42.5 Å². The molecule has 3 rings (SSSR count). The average molecular weight is 303 g/mol. The zero-order valence-electron chi connectivity index (χ0n) is 10.5. The summed E-state index contributed by atoms with van der Waals surface area (Å²) in [5.41, 5.74) is 0.657. The average Bonchev–Trinajstić information content (AvgIpc) is 2.74. The fraction of sp³-hybridized carbons (Fsp3) is 0. The van der Waals surface area contributed by atoms with Gasteiger partial charge in [-0.25, -0.2) is 9.59 Å². The highest BCUT2D eigenvalue weighted by molar-refractivity contribution is 6.67. The van der Waals surface area contributed by atoms with Crippen LogP contribution in [-0.2, 0) is 4.74 Å². The summed E-state index contributed by atoms with van der Waals surface area (Å²) in [4.78, 5) is 33.9. The molecule has 21 heavy (non-hydrogen) atoms. The molecule has 0 atom stereocenters. The van der Waals surface area contributed by atoms with Gasteiger partial charge in [-0.05, 0) is 48.0 Å². The van der Waals surface area contributed by atoms with Crippen LogP contribution in [0.5, 0.6) is 11.5 Å². The molecule has 0 aliphatic carbocycles. The number of hydrogen-bond acceptors (Lipinski definition) is 5. The quantitative estimate of drug-likeness (QED) is 0.495. The molecule has 1 aliphatic heterocycles. The van der Waals surface area contributed by atoms with E-state index in [1.54, 1.807) is 18.2 Å². The van der Waals surface area contributed by atoms with Gasteiger partial charge in [0.25, 0.3) is 5.24 Å². The van der Waals surface area contributed by atoms with Crippen LogP contribution in [0.4, 0.5) is 0 Å². The van der Waals surface area contributed by atoms with Gasteiger partial charge >= 0.3 is 11.9 Å². The van der Waals surface area contributed by atoms with Gasteiger partial charge in [-0.15, -0.1) is 0 Å². The lowest BCUT2D eigenvalue weighted by atomic mass is 10.1. The number of cyclic esters (lactones) is 2. The zero-order valence-corrected chi connectivity index (χ0v) is 11.2. The normalized spacial score (nSPS) is 12.8. The Morgan fingerprint density at radius 3 is 2.43 bits per heavy atom. The third-order valence-corrected chi connectivity index (χ3v) is 3.13. The van der Waals surface area contributed by atoms with Crippen LogP contribution in [0.25, 0.3) is 0 Å². The highest BCUT2D eigenvalue weighted by Gasteiger charge is 2.29. The Morgan fingerprint density at radius 2 is 1.67 bits per heavy atom. The van der Waals surface area contributed by atoms with E-state index < -0.39 is 17.2 Å². The summed E-state index contributed by atoms with van der Waals surface area (Å²) in [6, 6.07) is 10.7. The minimum Gasteiger partial charge on any atom is -0.457 e. The van der Waals surface area contributed by atoms with Gasteiger partial charge in [0.05, 0.1) is 11.1 Å². The first-order chi connectivity index (χ1) is 10.0. The number of rotatable bonds is 3. The standard InChI is InChI=1S/C15H7ClO5/c16-13(17)8-2-1-3-9(6-8)20-10-4-5-11-12(7-10)15(19)21-14(11)18/h1-7H. The Balaban J connectivity index is 1.91. The number of hydrogen-bond donors (Lipinski definition) is 0. The molecule has 2 aromatic carbocycles. The van der Waals surface area contributed by atoms with Crippen molar-refractivity contribution >= 4 is 28.8 Å². The topological polar surface area (TPSA) is 69.7 Å². The van der Waals surface area contributed by atoms with E-state index in [4.69, 9.17) is 16.3 Å². The number of esters is 2. The van der Waals surface area contributed by atoms with Crippen LogP contribution in [0, 0.1) is 0 Å². The number of benzene rings is 2. The lowest BCUT2D eigenvalue weighted by molar-refractivity contribution is 0.0443. The molecule has 0 unspecified atom stereocenters. The molecule has 0 saturated carbocycles. The predicted molar refractivity (Wildman–Crippen MR) is 72.9 cm³/mol. The van der Waals surface area contributed by atoms with Crippen molar-refractivity contribution < 1.29 is 23.9 Å². The number of carbonyl (C=O) groups excluding carboxylic acids is 3. The SMILES string of the molecule is O=C(Cl)c1cccc(Oc2ccc3c(c2)C(=O)OC3=O)c1. The van der Waals surface area contributed by atoms with Crippen molar-refractivity contribution in [1.82, 2.24) is 0 Å². The zero-order chi connectivity index (χ0) is 15.0. The van der Waals surface area contributed by atoms with E-state index in [1.807, 2.05) is 0 Å². The van der Waals surface area contributed by atoms with Crippen LogP contribution in [-0.4, -0.2) is 17.2 Å². The van der Waals surface area contributed by atoms with Crippen LogP contribution in [0.3, 0.4) is 0 Å². The monoisotopic (exact) mass is 302 g/mol. The molecule has 104 valence electrons. The maximum absolute atomic E-state index is 11.5. The highest BCUT2D eigenvalue weighted by Crippen LogP contribution is 2.28. The van der Waals surface area contributed by atoms with E-state index in [2.05, 4.69) is 4.74 Å². The number of carbonyl (C=O) groups is 3. The Morgan fingerprint density at radius 1 is 0.952 bits per heavy atom. The Bertz CT molecular complexity index is 781. The van der Waals surface area contributed by atoms with Crippen molar-refractivity contribution in [3.8, 4) is 11.5 Å². The molecule has 0 aromatic heterocycles. The molecule has 6 heteroatoms. The second-order valence-electron chi connectivity index (χ2n) is 4.29. The summed E-state index contributed by atoms with van der Waals surface area (Å²) in [6.07, 6.45) is 0. The molecule has 1 aliphatic rings. The first-order valence-electron chi connectivity index (χ1n) is 5.93. The van der Waals surface area contributed by atoms with E-state index >= 15 is 0 Å². The summed E-state index contributed by atoms with van der Waals surface area (Å²) in [7, 11) is 0. The van der Waals surface area contributed by atoms with Gasteiger partial charge in [0.2, 0.25) is 0 Å². The van der Waals surface area contributed by atoms with Crippen LogP contribution in [0.1, 0.15) is 31.1 Å². The Labute approximate surface area is 124 Å². The molecule has 0 saturated heterocycles. The third-order valence-electron chi connectivity index (χ3n) is 2.91. The van der Waals surface area contributed by atoms with Crippen molar-refractivity contribution in [2.75, 3.05) is 0 Å². The molecule has 0 bridgehead atoms. The number of fused-ring (bicyclic) bond motifs is 1. The maximum atomic E-state index is 11.5. The second-order valence-corrected chi connectivity index (χ2v) is 4.63. The fourth-order valence-electron chi connectivity index (χ4n) is 1.95. The number of ether oxygens (including phenoxy) is 2. The molecule has 2 aromatic rings. The maximum Gasteiger partial charge on any atom is 0.347 e. The van der Waals surface area contributed by atoms with E-state index in [9.17, 15) is 14.4 Å². The molecule has 0 N–H and O–H groups in total. The van der Waals surface area contributed by atoms with E-state index in [-0.39, 0.29) is 11.1 Å². The highest BCUT2D eigenvalue weighted by atomic mass is 35.5. The van der Waals surface area contributed by atoms with Gasteiger partial charge in [0.15, 0.2) is 0 Å². The molecular formula is C15H7ClO5. The lowest BCUT2D eigenvalue weighted by Gasteiger charge is -2.06. The Hall–Kier alpha value is -2.66. The van der Waals surface area contributed by atoms with Crippen molar-refractivity contribution in [2.45, 2.75) is 0 Å². The first kappa shape index (κ1) is 13.3.